The molecule has 67 heavy (non-hydrogen) atoms. The van der Waals surface area contributed by atoms with Crippen LogP contribution < -0.4 is 11.1 Å². The first-order valence-electron chi connectivity index (χ1n) is 19.2. The Hall–Kier alpha value is -8.53. The first kappa shape index (κ1) is 46.5. The van der Waals surface area contributed by atoms with Gasteiger partial charge in [0.05, 0.1) is 52.4 Å². The zero-order valence-corrected chi connectivity index (χ0v) is 34.3. The highest BCUT2D eigenvalue weighted by molar-refractivity contribution is 5.97. The lowest BCUT2D eigenvalue weighted by molar-refractivity contribution is -0.141. The maximum absolute atomic E-state index is 14.6. The second-order valence-electron chi connectivity index (χ2n) is 14.3. The number of nitrogens with zero attached hydrogens (tertiary/aromatic N) is 7. The summed E-state index contributed by atoms with van der Waals surface area (Å²) in [5, 5.41) is 24.8. The molecule has 0 saturated carbocycles. The van der Waals surface area contributed by atoms with Crippen molar-refractivity contribution in [2.75, 3.05) is 6.61 Å². The van der Waals surface area contributed by atoms with Gasteiger partial charge in [0.15, 0.2) is 17.0 Å². The average molecular weight is 933 g/mol. The molecule has 4 aromatic carbocycles. The number of nitrogens with one attached hydrogen (secondary N) is 1. The van der Waals surface area contributed by atoms with Gasteiger partial charge < -0.3 is 14.3 Å². The van der Waals surface area contributed by atoms with E-state index in [0.717, 1.165) is 24.3 Å². The number of fused-ring (bicyclic) bond motifs is 2. The lowest BCUT2D eigenvalue weighted by Gasteiger charge is -2.16. The molecular formula is C45H26F10N8O4. The molecule has 0 saturated heterocycles. The standard InChI is InChI=1S/C23H13F5N4O3.C22H13F5N4O/c1-2-35-22(34)17-18(12-5-3-11(10-29)4-6-12)30-20-16(14-8-7-13(24)9-15(14)25)19(23(26,27)28)31-32(20)21(17)33;1-11-18(13-5-3-12(10-28)4-6-13)30(2)20-17(15-8-7-14(23)9-16(15)24)19(22(25,26)27)29-31(20)21(11)32/h3-9,30H,2H2,1H3;3-9H,1-2H3. The predicted octanol–water partition coefficient (Wildman–Crippen LogP) is 9.55. The Morgan fingerprint density at radius 1 is 0.701 bits per heavy atom. The van der Waals surface area contributed by atoms with Gasteiger partial charge in [-0.2, -0.15) is 56.1 Å². The fourth-order valence-corrected chi connectivity index (χ4v) is 7.27. The minimum Gasteiger partial charge on any atom is -0.462 e. The Bertz CT molecular complexity index is 3500. The van der Waals surface area contributed by atoms with Gasteiger partial charge in [-0.3, -0.25) is 9.59 Å². The minimum absolute atomic E-state index is 0.104. The smallest absolute Gasteiger partial charge is 0.435 e. The number of hydrogen-bond donors (Lipinski definition) is 1. The topological polar surface area (TPSA) is 163 Å². The molecule has 0 aliphatic rings. The van der Waals surface area contributed by atoms with Crippen LogP contribution in [0.1, 0.15) is 45.4 Å². The summed E-state index contributed by atoms with van der Waals surface area (Å²) in [5.74, 6) is -5.65. The summed E-state index contributed by atoms with van der Waals surface area (Å²) in [5.41, 5.74) is -8.08. The van der Waals surface area contributed by atoms with E-state index in [1.165, 1.54) is 61.9 Å². The third kappa shape index (κ3) is 8.47. The van der Waals surface area contributed by atoms with Crippen LogP contribution in [0.25, 0.3) is 56.1 Å². The van der Waals surface area contributed by atoms with Crippen LogP contribution >= 0.6 is 0 Å². The second kappa shape index (κ2) is 17.5. The molecule has 0 radical (unpaired) electrons. The van der Waals surface area contributed by atoms with E-state index in [0.29, 0.717) is 32.3 Å². The van der Waals surface area contributed by atoms with E-state index in [1.807, 2.05) is 12.1 Å². The summed E-state index contributed by atoms with van der Waals surface area (Å²) in [6, 6.07) is 19.5. The third-order valence-corrected chi connectivity index (χ3v) is 10.2. The number of halogens is 10. The van der Waals surface area contributed by atoms with Crippen LogP contribution in [0.15, 0.2) is 94.5 Å². The maximum Gasteiger partial charge on any atom is 0.435 e. The molecule has 0 atom stereocenters. The number of aryl methyl sites for hydroxylation is 1. The number of benzene rings is 4. The number of aromatic amines is 1. The monoisotopic (exact) mass is 932 g/mol. The highest BCUT2D eigenvalue weighted by Gasteiger charge is 2.42. The van der Waals surface area contributed by atoms with E-state index >= 15 is 0 Å². The van der Waals surface area contributed by atoms with Crippen LogP contribution in [-0.2, 0) is 24.1 Å². The highest BCUT2D eigenvalue weighted by Crippen LogP contribution is 2.42. The zero-order valence-electron chi connectivity index (χ0n) is 34.3. The van der Waals surface area contributed by atoms with Gasteiger partial charge in [-0.05, 0) is 73.5 Å². The summed E-state index contributed by atoms with van der Waals surface area (Å²) in [6.45, 7) is 2.77. The van der Waals surface area contributed by atoms with E-state index in [2.05, 4.69) is 15.2 Å². The molecule has 8 rings (SSSR count). The van der Waals surface area contributed by atoms with Crippen LogP contribution in [0, 0.1) is 52.9 Å². The summed E-state index contributed by atoms with van der Waals surface area (Å²) in [7, 11) is 1.42. The van der Waals surface area contributed by atoms with Crippen molar-refractivity contribution < 1.29 is 53.4 Å². The first-order valence-corrected chi connectivity index (χ1v) is 19.2. The fourth-order valence-electron chi connectivity index (χ4n) is 7.27. The number of H-pyrrole nitrogens is 1. The molecule has 22 heteroatoms. The molecule has 12 nitrogen and oxygen atoms in total. The summed E-state index contributed by atoms with van der Waals surface area (Å²) in [4.78, 5) is 41.4. The van der Waals surface area contributed by atoms with Crippen molar-refractivity contribution >= 4 is 17.3 Å². The molecule has 4 aromatic heterocycles. The molecule has 0 aliphatic carbocycles. The van der Waals surface area contributed by atoms with Crippen LogP contribution in [0.2, 0.25) is 0 Å². The van der Waals surface area contributed by atoms with E-state index in [9.17, 15) is 58.3 Å². The van der Waals surface area contributed by atoms with Gasteiger partial charge in [0.2, 0.25) is 0 Å². The molecule has 0 fully saturated rings. The van der Waals surface area contributed by atoms with Gasteiger partial charge >= 0.3 is 18.3 Å². The zero-order chi connectivity index (χ0) is 48.9. The quantitative estimate of drug-likeness (QED) is 0.127. The van der Waals surface area contributed by atoms with Gasteiger partial charge in [-0.25, -0.2) is 22.4 Å². The summed E-state index contributed by atoms with van der Waals surface area (Å²) >= 11 is 0. The van der Waals surface area contributed by atoms with E-state index in [-0.39, 0.29) is 40.3 Å². The molecular weight excluding hydrogens is 907 g/mol. The Morgan fingerprint density at radius 3 is 1.66 bits per heavy atom. The minimum atomic E-state index is -5.14. The number of nitriles is 2. The van der Waals surface area contributed by atoms with Crippen molar-refractivity contribution in [2.24, 2.45) is 7.05 Å². The summed E-state index contributed by atoms with van der Waals surface area (Å²) < 4.78 is 146. The number of esters is 1. The van der Waals surface area contributed by atoms with Crippen molar-refractivity contribution in [1.29, 1.82) is 10.5 Å². The number of alkyl halides is 6. The molecule has 0 bridgehead atoms. The number of carbonyl (C=O) groups is 1. The number of ether oxygens (including phenoxy) is 1. The lowest BCUT2D eigenvalue weighted by atomic mass is 10.0. The van der Waals surface area contributed by atoms with E-state index in [4.69, 9.17) is 15.3 Å². The van der Waals surface area contributed by atoms with Crippen LogP contribution in [-0.4, -0.2) is 41.4 Å². The first-order chi connectivity index (χ1) is 31.6. The van der Waals surface area contributed by atoms with Gasteiger partial charge in [0.1, 0.15) is 34.6 Å². The van der Waals surface area contributed by atoms with Crippen molar-refractivity contribution in [2.45, 2.75) is 26.2 Å². The van der Waals surface area contributed by atoms with Crippen molar-refractivity contribution in [3.05, 3.63) is 163 Å². The molecule has 0 aliphatic heterocycles. The lowest BCUT2D eigenvalue weighted by Crippen LogP contribution is -2.26. The molecule has 0 amide bonds. The van der Waals surface area contributed by atoms with Crippen molar-refractivity contribution in [1.82, 2.24) is 28.8 Å². The van der Waals surface area contributed by atoms with E-state index in [1.54, 1.807) is 12.1 Å². The molecule has 0 unspecified atom stereocenters. The number of hydrogen-bond acceptors (Lipinski definition) is 8. The molecule has 1 N–H and O–H groups in total. The average Bonchev–Trinajstić information content (AvgIpc) is 3.88. The van der Waals surface area contributed by atoms with Crippen LogP contribution in [0.3, 0.4) is 0 Å². The summed E-state index contributed by atoms with van der Waals surface area (Å²) in [6.07, 6.45) is -10.1. The Labute approximate surface area is 368 Å². The van der Waals surface area contributed by atoms with Gasteiger partial charge in [0, 0.05) is 35.9 Å². The number of carbonyl (C=O) groups excluding carboxylic acids is 1. The Morgan fingerprint density at radius 2 is 1.18 bits per heavy atom. The number of rotatable bonds is 6. The predicted molar refractivity (Wildman–Crippen MR) is 218 cm³/mol. The van der Waals surface area contributed by atoms with E-state index < -0.39 is 97.6 Å². The normalized spacial score (nSPS) is 11.6. The molecule has 340 valence electrons. The Balaban J connectivity index is 0.000000200. The Kier molecular flexibility index (Phi) is 12.1. The van der Waals surface area contributed by atoms with Crippen LogP contribution in [0.5, 0.6) is 0 Å². The van der Waals surface area contributed by atoms with Gasteiger partial charge in [0.25, 0.3) is 11.1 Å². The van der Waals surface area contributed by atoms with Crippen molar-refractivity contribution in [3.8, 4) is 56.9 Å². The van der Waals surface area contributed by atoms with Gasteiger partial charge in [-0.1, -0.05) is 24.3 Å². The highest BCUT2D eigenvalue weighted by atomic mass is 19.4. The van der Waals surface area contributed by atoms with Crippen molar-refractivity contribution in [3.63, 3.8) is 0 Å². The third-order valence-electron chi connectivity index (χ3n) is 10.2. The molecule has 4 heterocycles. The van der Waals surface area contributed by atoms with Crippen LogP contribution in [0.4, 0.5) is 43.9 Å². The second-order valence-corrected chi connectivity index (χ2v) is 14.3. The molecule has 8 aromatic rings. The molecule has 0 spiro atoms. The largest absolute Gasteiger partial charge is 0.462 e. The van der Waals surface area contributed by atoms with Gasteiger partial charge in [-0.15, -0.1) is 0 Å². The fraction of sp³-hybridized carbons (Fsp3) is 0.133. The SMILES string of the molecule is CCOC(=O)c1c(-c2ccc(C#N)cc2)[nH]c2c(-c3ccc(F)cc3F)c(C(F)(F)F)nn2c1=O.Cc1c(-c2ccc(C#N)cc2)n(C)c2c(-c3ccc(F)cc3F)c(C(F)(F)F)nn2c1=O. The maximum atomic E-state index is 14.6. The number of aromatic nitrogens is 6.